The van der Waals surface area contributed by atoms with Crippen LogP contribution in [0.1, 0.15) is 33.6 Å². The summed E-state index contributed by atoms with van der Waals surface area (Å²) in [5.41, 5.74) is -0.547. The molecule has 0 aromatic rings. The van der Waals surface area contributed by atoms with Crippen LogP contribution in [0.3, 0.4) is 0 Å². The Morgan fingerprint density at radius 1 is 1.33 bits per heavy atom. The molecule has 0 aliphatic heterocycles. The lowest BCUT2D eigenvalue weighted by molar-refractivity contribution is 0.0731. The average Bonchev–Trinajstić information content (AvgIpc) is 2.26. The number of nitrogens with one attached hydrogen (secondary N) is 1. The van der Waals surface area contributed by atoms with Crippen molar-refractivity contribution >= 4 is 0 Å². The molecule has 2 atom stereocenters. The Balaban J connectivity index is 4.33. The summed E-state index contributed by atoms with van der Waals surface area (Å²) in [5.74, 6) is 0.450. The molecule has 0 saturated heterocycles. The first-order valence-electron chi connectivity index (χ1n) is 5.65. The standard InChI is InChI=1S/C12H25NO2/c1-5-7-10(3)11(4)13-12(6-2,8-14)9-15/h5,10-11,13-15H,1,6-9H2,2-4H3. The minimum atomic E-state index is -0.547. The lowest BCUT2D eigenvalue weighted by Crippen LogP contribution is -2.56. The van der Waals surface area contributed by atoms with E-state index in [9.17, 15) is 10.2 Å². The van der Waals surface area contributed by atoms with Gasteiger partial charge in [-0.1, -0.05) is 19.9 Å². The second-order valence-corrected chi connectivity index (χ2v) is 4.38. The molecule has 0 radical (unpaired) electrons. The molecule has 3 N–H and O–H groups in total. The number of hydrogen-bond acceptors (Lipinski definition) is 3. The third kappa shape index (κ3) is 4.33. The maximum atomic E-state index is 9.29. The predicted octanol–water partition coefficient (Wildman–Crippen LogP) is 1.31. The molecule has 0 aliphatic carbocycles. The summed E-state index contributed by atoms with van der Waals surface area (Å²) in [6, 6.07) is 0.252. The van der Waals surface area contributed by atoms with Gasteiger partial charge in [0.05, 0.1) is 18.8 Å². The zero-order valence-corrected chi connectivity index (χ0v) is 10.2. The lowest BCUT2D eigenvalue weighted by atomic mass is 9.92. The van der Waals surface area contributed by atoms with Crippen LogP contribution in [0, 0.1) is 5.92 Å². The smallest absolute Gasteiger partial charge is 0.0647 e. The minimum absolute atomic E-state index is 0.0366. The van der Waals surface area contributed by atoms with Crippen LogP contribution in [0.15, 0.2) is 12.7 Å². The molecule has 3 heteroatoms. The van der Waals surface area contributed by atoms with Crippen LogP contribution in [0.4, 0.5) is 0 Å². The van der Waals surface area contributed by atoms with Gasteiger partial charge in [-0.15, -0.1) is 6.58 Å². The van der Waals surface area contributed by atoms with E-state index in [0.717, 1.165) is 6.42 Å². The number of aliphatic hydroxyl groups is 2. The fourth-order valence-electron chi connectivity index (χ4n) is 1.56. The van der Waals surface area contributed by atoms with Crippen molar-refractivity contribution in [3.8, 4) is 0 Å². The van der Waals surface area contributed by atoms with Gasteiger partial charge in [0, 0.05) is 6.04 Å². The first kappa shape index (κ1) is 14.6. The van der Waals surface area contributed by atoms with Gasteiger partial charge in [0.1, 0.15) is 0 Å². The van der Waals surface area contributed by atoms with E-state index >= 15 is 0 Å². The second-order valence-electron chi connectivity index (χ2n) is 4.38. The summed E-state index contributed by atoms with van der Waals surface area (Å²) in [4.78, 5) is 0. The van der Waals surface area contributed by atoms with E-state index in [1.165, 1.54) is 0 Å². The molecule has 0 bridgehead atoms. The van der Waals surface area contributed by atoms with E-state index in [0.29, 0.717) is 12.3 Å². The Labute approximate surface area is 93.2 Å². The van der Waals surface area contributed by atoms with E-state index in [1.807, 2.05) is 13.0 Å². The van der Waals surface area contributed by atoms with Crippen molar-refractivity contribution in [2.24, 2.45) is 5.92 Å². The van der Waals surface area contributed by atoms with E-state index < -0.39 is 5.54 Å². The Morgan fingerprint density at radius 2 is 1.87 bits per heavy atom. The molecule has 0 amide bonds. The number of rotatable bonds is 8. The van der Waals surface area contributed by atoms with Crippen molar-refractivity contribution < 1.29 is 10.2 Å². The molecule has 3 nitrogen and oxygen atoms in total. The van der Waals surface area contributed by atoms with Crippen molar-refractivity contribution in [3.63, 3.8) is 0 Å². The molecule has 0 aromatic heterocycles. The number of hydrogen-bond donors (Lipinski definition) is 3. The molecule has 15 heavy (non-hydrogen) atoms. The highest BCUT2D eigenvalue weighted by atomic mass is 16.3. The summed E-state index contributed by atoms with van der Waals surface area (Å²) in [5, 5.41) is 21.9. The molecule has 0 heterocycles. The number of allylic oxidation sites excluding steroid dienone is 1. The molecule has 0 aromatic carbocycles. The molecular formula is C12H25NO2. The molecule has 0 spiro atoms. The van der Waals surface area contributed by atoms with Gasteiger partial charge in [-0.3, -0.25) is 0 Å². The maximum absolute atomic E-state index is 9.29. The third-order valence-corrected chi connectivity index (χ3v) is 3.21. The average molecular weight is 215 g/mol. The van der Waals surface area contributed by atoms with Gasteiger partial charge in [-0.25, -0.2) is 0 Å². The second kappa shape index (κ2) is 6.99. The molecule has 2 unspecified atom stereocenters. The molecule has 0 aliphatic rings. The SMILES string of the molecule is C=CCC(C)C(C)NC(CC)(CO)CO. The van der Waals surface area contributed by atoms with Crippen LogP contribution in [0.25, 0.3) is 0 Å². The summed E-state index contributed by atoms with van der Waals surface area (Å²) in [6.45, 7) is 9.81. The van der Waals surface area contributed by atoms with Crippen molar-refractivity contribution in [1.82, 2.24) is 5.32 Å². The van der Waals surface area contributed by atoms with Gasteiger partial charge in [0.25, 0.3) is 0 Å². The van der Waals surface area contributed by atoms with E-state index in [2.05, 4.69) is 25.7 Å². The number of aliphatic hydroxyl groups excluding tert-OH is 2. The van der Waals surface area contributed by atoms with Gasteiger partial charge in [-0.2, -0.15) is 0 Å². The van der Waals surface area contributed by atoms with Crippen molar-refractivity contribution in [3.05, 3.63) is 12.7 Å². The fraction of sp³-hybridized carbons (Fsp3) is 0.833. The molecule has 0 fully saturated rings. The Bertz CT molecular complexity index is 170. The van der Waals surface area contributed by atoms with E-state index in [1.54, 1.807) is 0 Å². The topological polar surface area (TPSA) is 52.5 Å². The molecule has 0 rings (SSSR count). The van der Waals surface area contributed by atoms with E-state index in [-0.39, 0.29) is 19.3 Å². The van der Waals surface area contributed by atoms with Gasteiger partial charge in [0.2, 0.25) is 0 Å². The normalized spacial score (nSPS) is 16.1. The summed E-state index contributed by atoms with van der Waals surface area (Å²) in [7, 11) is 0. The molecule has 90 valence electrons. The van der Waals surface area contributed by atoms with Crippen LogP contribution in [-0.2, 0) is 0 Å². The van der Waals surface area contributed by atoms with Crippen molar-refractivity contribution in [2.75, 3.05) is 13.2 Å². The van der Waals surface area contributed by atoms with E-state index in [4.69, 9.17) is 0 Å². The Hall–Kier alpha value is -0.380. The highest BCUT2D eigenvalue weighted by molar-refractivity contribution is 4.90. The van der Waals surface area contributed by atoms with Crippen LogP contribution < -0.4 is 5.32 Å². The largest absolute Gasteiger partial charge is 0.394 e. The summed E-state index contributed by atoms with van der Waals surface area (Å²) in [6.07, 6.45) is 3.55. The predicted molar refractivity (Wildman–Crippen MR) is 63.8 cm³/mol. The third-order valence-electron chi connectivity index (χ3n) is 3.21. The van der Waals surface area contributed by atoms with Crippen LogP contribution in [-0.4, -0.2) is 35.0 Å². The lowest BCUT2D eigenvalue weighted by Gasteiger charge is -2.35. The monoisotopic (exact) mass is 215 g/mol. The maximum Gasteiger partial charge on any atom is 0.0647 e. The summed E-state index contributed by atoms with van der Waals surface area (Å²) < 4.78 is 0. The first-order chi connectivity index (χ1) is 7.05. The highest BCUT2D eigenvalue weighted by Gasteiger charge is 2.29. The quantitative estimate of drug-likeness (QED) is 0.535. The van der Waals surface area contributed by atoms with Crippen LogP contribution in [0.5, 0.6) is 0 Å². The first-order valence-corrected chi connectivity index (χ1v) is 5.65. The molecular weight excluding hydrogens is 190 g/mol. The van der Waals surface area contributed by atoms with Gasteiger partial charge < -0.3 is 15.5 Å². The van der Waals surface area contributed by atoms with Crippen LogP contribution in [0.2, 0.25) is 0 Å². The Morgan fingerprint density at radius 3 is 2.20 bits per heavy atom. The summed E-state index contributed by atoms with van der Waals surface area (Å²) >= 11 is 0. The molecule has 0 saturated carbocycles. The highest BCUT2D eigenvalue weighted by Crippen LogP contribution is 2.15. The van der Waals surface area contributed by atoms with Gasteiger partial charge in [-0.05, 0) is 25.7 Å². The van der Waals surface area contributed by atoms with Crippen molar-refractivity contribution in [2.45, 2.75) is 45.2 Å². The van der Waals surface area contributed by atoms with Gasteiger partial charge in [0.15, 0.2) is 0 Å². The zero-order valence-electron chi connectivity index (χ0n) is 10.2. The zero-order chi connectivity index (χ0) is 11.9. The van der Waals surface area contributed by atoms with Crippen LogP contribution >= 0.6 is 0 Å². The Kier molecular flexibility index (Phi) is 6.81. The minimum Gasteiger partial charge on any atom is -0.394 e. The van der Waals surface area contributed by atoms with Gasteiger partial charge >= 0.3 is 0 Å². The van der Waals surface area contributed by atoms with Crippen molar-refractivity contribution in [1.29, 1.82) is 0 Å². The fourth-order valence-corrected chi connectivity index (χ4v) is 1.56.